The van der Waals surface area contributed by atoms with Gasteiger partial charge in [-0.2, -0.15) is 0 Å². The molecule has 0 saturated heterocycles. The molecule has 1 atom stereocenters. The monoisotopic (exact) mass is 477 g/mol. The first-order chi connectivity index (χ1) is 10.0. The molecule has 0 aliphatic rings. The number of nitrogens with one attached hydrogen (secondary N) is 1. The Morgan fingerprint density at radius 2 is 1.81 bits per heavy atom. The van der Waals surface area contributed by atoms with Crippen LogP contribution in [0.1, 0.15) is 24.1 Å². The van der Waals surface area contributed by atoms with Crippen molar-refractivity contribution in [1.82, 2.24) is 5.32 Å². The molecule has 1 nitrogen and oxygen atoms in total. The largest absolute Gasteiger partial charge is 0.310 e. The van der Waals surface area contributed by atoms with Crippen LogP contribution < -0.4 is 5.32 Å². The average Bonchev–Trinajstić information content (AvgIpc) is 2.41. The van der Waals surface area contributed by atoms with Crippen molar-refractivity contribution in [3.05, 3.63) is 66.8 Å². The van der Waals surface area contributed by atoms with Crippen LogP contribution in [-0.4, -0.2) is 6.54 Å². The van der Waals surface area contributed by atoms with Gasteiger partial charge in [0.25, 0.3) is 0 Å². The fourth-order valence-electron chi connectivity index (χ4n) is 2.23. The van der Waals surface area contributed by atoms with Gasteiger partial charge in [0.15, 0.2) is 0 Å². The van der Waals surface area contributed by atoms with E-state index in [-0.39, 0.29) is 11.9 Å². The minimum atomic E-state index is -0.226. The molecule has 0 spiro atoms. The smallest absolute Gasteiger partial charge is 0.124 e. The second kappa shape index (κ2) is 7.86. The molecule has 0 fully saturated rings. The standard InChI is InChI=1S/C16H15Br3FN/c1-2-21-16(13-6-4-11(17)8-15(13)19)7-10-3-5-12(20)9-14(10)18/h3-6,8-9,16,21H,2,7H2,1H3. The van der Waals surface area contributed by atoms with Crippen molar-refractivity contribution in [2.45, 2.75) is 19.4 Å². The lowest BCUT2D eigenvalue weighted by Crippen LogP contribution is -2.23. The fraction of sp³-hybridized carbons (Fsp3) is 0.250. The summed E-state index contributed by atoms with van der Waals surface area (Å²) in [5, 5.41) is 3.49. The Bertz CT molecular complexity index is 631. The summed E-state index contributed by atoms with van der Waals surface area (Å²) in [6.07, 6.45) is 0.787. The van der Waals surface area contributed by atoms with Crippen molar-refractivity contribution < 1.29 is 4.39 Å². The van der Waals surface area contributed by atoms with E-state index in [4.69, 9.17) is 0 Å². The van der Waals surface area contributed by atoms with Crippen LogP contribution in [-0.2, 0) is 6.42 Å². The summed E-state index contributed by atoms with van der Waals surface area (Å²) in [7, 11) is 0. The molecule has 0 amide bonds. The summed E-state index contributed by atoms with van der Waals surface area (Å²) in [6, 6.07) is 11.2. The third kappa shape index (κ3) is 4.62. The third-order valence-corrected chi connectivity index (χ3v) is 5.15. The number of likely N-dealkylation sites (N-methyl/N-ethyl adjacent to an activating group) is 1. The minimum absolute atomic E-state index is 0.166. The molecule has 0 heterocycles. The summed E-state index contributed by atoms with van der Waals surface area (Å²) >= 11 is 10.5. The second-order valence-electron chi connectivity index (χ2n) is 4.72. The predicted molar refractivity (Wildman–Crippen MR) is 96.1 cm³/mol. The van der Waals surface area contributed by atoms with Crippen LogP contribution in [0.15, 0.2) is 49.8 Å². The van der Waals surface area contributed by atoms with Crippen LogP contribution in [0.2, 0.25) is 0 Å². The van der Waals surface area contributed by atoms with Gasteiger partial charge in [-0.3, -0.25) is 0 Å². The number of hydrogen-bond donors (Lipinski definition) is 1. The maximum Gasteiger partial charge on any atom is 0.124 e. The Labute approximate surface area is 149 Å². The van der Waals surface area contributed by atoms with Crippen molar-refractivity contribution in [1.29, 1.82) is 0 Å². The zero-order valence-electron chi connectivity index (χ0n) is 11.5. The van der Waals surface area contributed by atoms with E-state index in [1.165, 1.54) is 17.7 Å². The molecule has 5 heteroatoms. The Morgan fingerprint density at radius 1 is 1.05 bits per heavy atom. The molecule has 1 unspecified atom stereocenters. The van der Waals surface area contributed by atoms with Crippen LogP contribution in [0.3, 0.4) is 0 Å². The van der Waals surface area contributed by atoms with Crippen molar-refractivity contribution in [2.24, 2.45) is 0 Å². The highest BCUT2D eigenvalue weighted by Crippen LogP contribution is 2.30. The van der Waals surface area contributed by atoms with Crippen LogP contribution in [0.4, 0.5) is 4.39 Å². The van der Waals surface area contributed by atoms with Crippen molar-refractivity contribution in [3.63, 3.8) is 0 Å². The maximum atomic E-state index is 13.2. The van der Waals surface area contributed by atoms with E-state index in [2.05, 4.69) is 66.1 Å². The highest BCUT2D eigenvalue weighted by atomic mass is 79.9. The van der Waals surface area contributed by atoms with Gasteiger partial charge in [-0.1, -0.05) is 66.8 Å². The molecule has 0 aliphatic heterocycles. The van der Waals surface area contributed by atoms with Gasteiger partial charge in [0.1, 0.15) is 5.82 Å². The van der Waals surface area contributed by atoms with E-state index in [1.54, 1.807) is 0 Å². The zero-order valence-corrected chi connectivity index (χ0v) is 16.2. The second-order valence-corrected chi connectivity index (χ2v) is 7.34. The highest BCUT2D eigenvalue weighted by molar-refractivity contribution is 9.11. The number of benzene rings is 2. The predicted octanol–water partition coefficient (Wildman–Crippen LogP) is 6.01. The van der Waals surface area contributed by atoms with Crippen LogP contribution in [0, 0.1) is 5.82 Å². The van der Waals surface area contributed by atoms with Gasteiger partial charge in [0, 0.05) is 19.5 Å². The van der Waals surface area contributed by atoms with E-state index in [0.717, 1.165) is 31.9 Å². The minimum Gasteiger partial charge on any atom is -0.310 e. The van der Waals surface area contributed by atoms with Crippen molar-refractivity contribution in [3.8, 4) is 0 Å². The number of hydrogen-bond acceptors (Lipinski definition) is 1. The van der Waals surface area contributed by atoms with Gasteiger partial charge in [-0.25, -0.2) is 4.39 Å². The number of rotatable bonds is 5. The molecule has 0 radical (unpaired) electrons. The van der Waals surface area contributed by atoms with Crippen LogP contribution >= 0.6 is 47.8 Å². The Hall–Kier alpha value is -0.230. The lowest BCUT2D eigenvalue weighted by molar-refractivity contribution is 0.546. The fourth-order valence-corrected chi connectivity index (χ4v) is 4.07. The summed E-state index contributed by atoms with van der Waals surface area (Å²) < 4.78 is 16.1. The zero-order chi connectivity index (χ0) is 15.4. The molecule has 2 aromatic rings. The van der Waals surface area contributed by atoms with Crippen LogP contribution in [0.25, 0.3) is 0 Å². The van der Waals surface area contributed by atoms with Gasteiger partial charge in [0.05, 0.1) is 0 Å². The van der Waals surface area contributed by atoms with E-state index in [1.807, 2.05) is 18.2 Å². The molecular weight excluding hydrogens is 465 g/mol. The topological polar surface area (TPSA) is 12.0 Å². The highest BCUT2D eigenvalue weighted by Gasteiger charge is 2.16. The molecule has 2 aromatic carbocycles. The van der Waals surface area contributed by atoms with Gasteiger partial charge < -0.3 is 5.32 Å². The summed E-state index contributed by atoms with van der Waals surface area (Å²) in [5.74, 6) is -0.226. The molecule has 0 aliphatic carbocycles. The average molecular weight is 480 g/mol. The summed E-state index contributed by atoms with van der Waals surface area (Å²) in [6.45, 7) is 2.95. The van der Waals surface area contributed by atoms with E-state index < -0.39 is 0 Å². The normalized spacial score (nSPS) is 12.4. The quantitative estimate of drug-likeness (QED) is 0.554. The van der Waals surface area contributed by atoms with Gasteiger partial charge >= 0.3 is 0 Å². The van der Waals surface area contributed by atoms with Gasteiger partial charge in [-0.05, 0) is 48.4 Å². The molecule has 0 saturated carbocycles. The Balaban J connectivity index is 2.30. The third-order valence-electron chi connectivity index (χ3n) is 3.23. The summed E-state index contributed by atoms with van der Waals surface area (Å²) in [4.78, 5) is 0. The first-order valence-corrected chi connectivity index (χ1v) is 9.01. The lowest BCUT2D eigenvalue weighted by Gasteiger charge is -2.21. The summed E-state index contributed by atoms with van der Waals surface area (Å²) in [5.41, 5.74) is 2.27. The molecule has 21 heavy (non-hydrogen) atoms. The molecule has 112 valence electrons. The first-order valence-electron chi connectivity index (χ1n) is 6.63. The molecule has 0 aromatic heterocycles. The van der Waals surface area contributed by atoms with Gasteiger partial charge in [-0.15, -0.1) is 0 Å². The van der Waals surface area contributed by atoms with Crippen molar-refractivity contribution in [2.75, 3.05) is 6.54 Å². The van der Waals surface area contributed by atoms with E-state index in [9.17, 15) is 4.39 Å². The first kappa shape index (κ1) is 17.1. The SMILES string of the molecule is CCNC(Cc1ccc(F)cc1Br)c1ccc(Br)cc1Br. The number of halogens is 4. The molecule has 1 N–H and O–H groups in total. The molecular formula is C16H15Br3FN. The Morgan fingerprint density at radius 3 is 2.43 bits per heavy atom. The van der Waals surface area contributed by atoms with Crippen molar-refractivity contribution >= 4 is 47.8 Å². The molecule has 0 bridgehead atoms. The van der Waals surface area contributed by atoms with Crippen LogP contribution in [0.5, 0.6) is 0 Å². The lowest BCUT2D eigenvalue weighted by atomic mass is 9.99. The maximum absolute atomic E-state index is 13.2. The molecule has 2 rings (SSSR count). The van der Waals surface area contributed by atoms with Gasteiger partial charge in [0.2, 0.25) is 0 Å². The van der Waals surface area contributed by atoms with E-state index in [0.29, 0.717) is 0 Å². The van der Waals surface area contributed by atoms with E-state index >= 15 is 0 Å². The Kier molecular flexibility index (Phi) is 6.41.